The van der Waals surface area contributed by atoms with Crippen molar-refractivity contribution in [3.8, 4) is 5.75 Å². The van der Waals surface area contributed by atoms with Crippen molar-refractivity contribution in [3.63, 3.8) is 0 Å². The molecule has 1 aliphatic heterocycles. The van der Waals surface area contributed by atoms with Crippen molar-refractivity contribution in [2.45, 2.75) is 6.92 Å². The number of carbonyl (C=O) groups excluding carboxylic acids is 1. The molecule has 156 valence electrons. The van der Waals surface area contributed by atoms with Gasteiger partial charge in [-0.05, 0) is 33.2 Å². The number of anilines is 2. The van der Waals surface area contributed by atoms with E-state index in [9.17, 15) is 4.79 Å². The van der Waals surface area contributed by atoms with Gasteiger partial charge < -0.3 is 24.8 Å². The highest BCUT2D eigenvalue weighted by Crippen LogP contribution is 2.28. The molecular weight excluding hydrogens is 368 g/mol. The molecule has 1 fully saturated rings. The first-order chi connectivity index (χ1) is 14.0. The lowest BCUT2D eigenvalue weighted by Gasteiger charge is -2.36. The molecule has 1 N–H and O–H groups in total. The standard InChI is InChI=1S/C21H30N6O2/c1-16-23-17(15-20(24-16)22-9-10-25(2)3)21(28)27-13-11-26(12-14-27)18-7-5-6-8-19(18)29-4/h5-8,15H,9-14H2,1-4H3,(H,22,23,24). The number of hydrogen-bond donors (Lipinski definition) is 1. The third-order valence-corrected chi connectivity index (χ3v) is 4.91. The number of rotatable bonds is 7. The molecule has 0 saturated carbocycles. The van der Waals surface area contributed by atoms with Crippen molar-refractivity contribution in [2.75, 3.05) is 70.7 Å². The van der Waals surface area contributed by atoms with Gasteiger partial charge in [-0.1, -0.05) is 12.1 Å². The van der Waals surface area contributed by atoms with Crippen LogP contribution in [0.5, 0.6) is 5.75 Å². The number of likely N-dealkylation sites (N-methyl/N-ethyl adjacent to an activating group) is 1. The first kappa shape index (κ1) is 20.9. The second-order valence-corrected chi connectivity index (χ2v) is 7.37. The van der Waals surface area contributed by atoms with E-state index in [1.54, 1.807) is 13.2 Å². The summed E-state index contributed by atoms with van der Waals surface area (Å²) in [6.07, 6.45) is 0. The monoisotopic (exact) mass is 398 g/mol. The largest absolute Gasteiger partial charge is 0.495 e. The Hall–Kier alpha value is -2.87. The summed E-state index contributed by atoms with van der Waals surface area (Å²) in [6, 6.07) is 9.72. The molecule has 0 atom stereocenters. The number of aryl methyl sites for hydroxylation is 1. The smallest absolute Gasteiger partial charge is 0.272 e. The van der Waals surface area contributed by atoms with Gasteiger partial charge in [0.15, 0.2) is 0 Å². The van der Waals surface area contributed by atoms with Crippen LogP contribution in [0.2, 0.25) is 0 Å². The zero-order valence-corrected chi connectivity index (χ0v) is 17.7. The molecule has 8 heteroatoms. The topological polar surface area (TPSA) is 73.8 Å². The lowest BCUT2D eigenvalue weighted by Crippen LogP contribution is -2.49. The highest BCUT2D eigenvalue weighted by molar-refractivity contribution is 5.93. The molecule has 1 aliphatic rings. The van der Waals surface area contributed by atoms with Crippen LogP contribution in [0.3, 0.4) is 0 Å². The highest BCUT2D eigenvalue weighted by atomic mass is 16.5. The van der Waals surface area contributed by atoms with Gasteiger partial charge in [0.05, 0.1) is 12.8 Å². The quantitative estimate of drug-likeness (QED) is 0.761. The molecule has 1 saturated heterocycles. The normalized spacial score (nSPS) is 14.2. The van der Waals surface area contributed by atoms with Gasteiger partial charge in [0.2, 0.25) is 0 Å². The Morgan fingerprint density at radius 3 is 2.59 bits per heavy atom. The van der Waals surface area contributed by atoms with Gasteiger partial charge in [-0.15, -0.1) is 0 Å². The number of para-hydroxylation sites is 2. The summed E-state index contributed by atoms with van der Waals surface area (Å²) in [5.74, 6) is 2.09. The van der Waals surface area contributed by atoms with Gasteiger partial charge in [-0.25, -0.2) is 9.97 Å². The maximum atomic E-state index is 13.0. The fourth-order valence-electron chi connectivity index (χ4n) is 3.38. The number of nitrogens with zero attached hydrogens (tertiary/aromatic N) is 5. The Kier molecular flexibility index (Phi) is 6.87. The molecule has 1 aromatic carbocycles. The van der Waals surface area contributed by atoms with Crippen molar-refractivity contribution in [2.24, 2.45) is 0 Å². The van der Waals surface area contributed by atoms with Crippen LogP contribution in [0.25, 0.3) is 0 Å². The number of nitrogens with one attached hydrogen (secondary N) is 1. The summed E-state index contributed by atoms with van der Waals surface area (Å²) < 4.78 is 5.47. The Balaban J connectivity index is 1.64. The van der Waals surface area contributed by atoms with E-state index in [0.29, 0.717) is 30.4 Å². The zero-order valence-electron chi connectivity index (χ0n) is 17.7. The zero-order chi connectivity index (χ0) is 20.8. The number of carbonyl (C=O) groups is 1. The molecule has 2 heterocycles. The fraction of sp³-hybridized carbons (Fsp3) is 0.476. The van der Waals surface area contributed by atoms with Crippen LogP contribution in [0.15, 0.2) is 30.3 Å². The van der Waals surface area contributed by atoms with Gasteiger partial charge >= 0.3 is 0 Å². The van der Waals surface area contributed by atoms with Crippen molar-refractivity contribution in [1.82, 2.24) is 19.8 Å². The molecule has 0 bridgehead atoms. The maximum Gasteiger partial charge on any atom is 0.272 e. The van der Waals surface area contributed by atoms with E-state index >= 15 is 0 Å². The maximum absolute atomic E-state index is 13.0. The van der Waals surface area contributed by atoms with Gasteiger partial charge in [0, 0.05) is 45.3 Å². The molecule has 3 rings (SSSR count). The van der Waals surface area contributed by atoms with Crippen LogP contribution in [0.4, 0.5) is 11.5 Å². The van der Waals surface area contributed by atoms with Gasteiger partial charge in [-0.2, -0.15) is 0 Å². The van der Waals surface area contributed by atoms with E-state index in [0.717, 1.165) is 37.6 Å². The van der Waals surface area contributed by atoms with Crippen LogP contribution in [-0.2, 0) is 0 Å². The lowest BCUT2D eigenvalue weighted by atomic mass is 10.2. The summed E-state index contributed by atoms with van der Waals surface area (Å²) in [5.41, 5.74) is 1.50. The van der Waals surface area contributed by atoms with Crippen LogP contribution in [-0.4, -0.2) is 86.1 Å². The number of methoxy groups -OCH3 is 1. The summed E-state index contributed by atoms with van der Waals surface area (Å²) in [7, 11) is 5.72. The molecule has 0 unspecified atom stereocenters. The third kappa shape index (κ3) is 5.35. The van der Waals surface area contributed by atoms with E-state index in [4.69, 9.17) is 4.74 Å². The summed E-state index contributed by atoms with van der Waals surface area (Å²) in [6.45, 7) is 6.25. The molecule has 1 aromatic heterocycles. The number of aromatic nitrogens is 2. The molecule has 2 aromatic rings. The predicted octanol–water partition coefficient (Wildman–Crippen LogP) is 1.73. The minimum atomic E-state index is -0.0502. The lowest BCUT2D eigenvalue weighted by molar-refractivity contribution is 0.0740. The Labute approximate surface area is 172 Å². The van der Waals surface area contributed by atoms with Gasteiger partial charge in [0.1, 0.15) is 23.1 Å². The SMILES string of the molecule is COc1ccccc1N1CCN(C(=O)c2cc(NCCN(C)C)nc(C)n2)CC1. The number of piperazine rings is 1. The molecule has 8 nitrogen and oxygen atoms in total. The minimum absolute atomic E-state index is 0.0502. The third-order valence-electron chi connectivity index (χ3n) is 4.91. The predicted molar refractivity (Wildman–Crippen MR) is 115 cm³/mol. The first-order valence-electron chi connectivity index (χ1n) is 9.89. The van der Waals surface area contributed by atoms with Crippen LogP contribution in [0.1, 0.15) is 16.3 Å². The minimum Gasteiger partial charge on any atom is -0.495 e. The van der Waals surface area contributed by atoms with Crippen LogP contribution in [0, 0.1) is 6.92 Å². The van der Waals surface area contributed by atoms with E-state index in [1.807, 2.05) is 44.1 Å². The molecular formula is C21H30N6O2. The molecule has 1 amide bonds. The number of hydrogen-bond acceptors (Lipinski definition) is 7. The molecule has 0 radical (unpaired) electrons. The van der Waals surface area contributed by atoms with Crippen LogP contribution < -0.4 is 15.0 Å². The second-order valence-electron chi connectivity index (χ2n) is 7.37. The van der Waals surface area contributed by atoms with Crippen LogP contribution >= 0.6 is 0 Å². The Bertz CT molecular complexity index is 834. The average molecular weight is 399 g/mol. The summed E-state index contributed by atoms with van der Waals surface area (Å²) >= 11 is 0. The Morgan fingerprint density at radius 2 is 1.90 bits per heavy atom. The number of benzene rings is 1. The number of ether oxygens (including phenoxy) is 1. The van der Waals surface area contributed by atoms with Crippen molar-refractivity contribution in [3.05, 3.63) is 41.9 Å². The second kappa shape index (κ2) is 9.56. The summed E-state index contributed by atoms with van der Waals surface area (Å²) in [5, 5.41) is 3.27. The molecule has 29 heavy (non-hydrogen) atoms. The van der Waals surface area contributed by atoms with Gasteiger partial charge in [-0.3, -0.25) is 4.79 Å². The van der Waals surface area contributed by atoms with Crippen molar-refractivity contribution >= 4 is 17.4 Å². The van der Waals surface area contributed by atoms with E-state index < -0.39 is 0 Å². The number of amides is 1. The molecule has 0 spiro atoms. The Morgan fingerprint density at radius 1 is 1.17 bits per heavy atom. The van der Waals surface area contributed by atoms with Crippen molar-refractivity contribution in [1.29, 1.82) is 0 Å². The fourth-order valence-corrected chi connectivity index (χ4v) is 3.38. The summed E-state index contributed by atoms with van der Waals surface area (Å²) in [4.78, 5) is 28.0. The van der Waals surface area contributed by atoms with E-state index in [2.05, 4.69) is 31.2 Å². The highest BCUT2D eigenvalue weighted by Gasteiger charge is 2.25. The van der Waals surface area contributed by atoms with E-state index in [1.165, 1.54) is 0 Å². The van der Waals surface area contributed by atoms with Gasteiger partial charge in [0.25, 0.3) is 5.91 Å². The molecule has 0 aliphatic carbocycles. The average Bonchev–Trinajstić information content (AvgIpc) is 2.72. The first-order valence-corrected chi connectivity index (χ1v) is 9.89. The van der Waals surface area contributed by atoms with E-state index in [-0.39, 0.29) is 5.91 Å². The van der Waals surface area contributed by atoms with Crippen molar-refractivity contribution < 1.29 is 9.53 Å².